The number of nitrogens with zero attached hydrogens (tertiary/aromatic N) is 2. The molecule has 0 aromatic carbocycles. The lowest BCUT2D eigenvalue weighted by atomic mass is 9.94. The van der Waals surface area contributed by atoms with E-state index in [9.17, 15) is 0 Å². The van der Waals surface area contributed by atoms with Crippen molar-refractivity contribution in [3.8, 4) is 0 Å². The smallest absolute Gasteiger partial charge is 0.148 e. The van der Waals surface area contributed by atoms with E-state index >= 15 is 0 Å². The summed E-state index contributed by atoms with van der Waals surface area (Å²) in [5, 5.41) is 8.31. The van der Waals surface area contributed by atoms with Gasteiger partial charge in [-0.3, -0.25) is 4.68 Å². The molecule has 122 valence electrons. The van der Waals surface area contributed by atoms with Crippen molar-refractivity contribution in [2.45, 2.75) is 83.6 Å². The van der Waals surface area contributed by atoms with Gasteiger partial charge in [-0.05, 0) is 51.9 Å². The summed E-state index contributed by atoms with van der Waals surface area (Å²) in [5.41, 5.74) is 2.98. The SMILES string of the molecule is Cc1cc(NCCC=C2CCCCC2)nn1C1CCCCC1. The van der Waals surface area contributed by atoms with Crippen molar-refractivity contribution >= 4 is 5.82 Å². The van der Waals surface area contributed by atoms with Gasteiger partial charge in [-0.1, -0.05) is 37.3 Å². The molecule has 2 aliphatic carbocycles. The topological polar surface area (TPSA) is 29.9 Å². The van der Waals surface area contributed by atoms with Gasteiger partial charge in [0.05, 0.1) is 6.04 Å². The standard InChI is InChI=1S/C19H31N3/c1-16-15-19(21-22(16)18-12-6-3-7-13-18)20-14-8-11-17-9-4-2-5-10-17/h11,15,18H,2-10,12-14H2,1H3,(H,20,21). The van der Waals surface area contributed by atoms with Crippen LogP contribution in [0.1, 0.15) is 82.4 Å². The summed E-state index contributed by atoms with van der Waals surface area (Å²) in [5.74, 6) is 1.06. The second-order valence-electron chi connectivity index (χ2n) is 7.05. The van der Waals surface area contributed by atoms with Crippen LogP contribution >= 0.6 is 0 Å². The number of hydrogen-bond donors (Lipinski definition) is 1. The van der Waals surface area contributed by atoms with Crippen molar-refractivity contribution in [3.63, 3.8) is 0 Å². The highest BCUT2D eigenvalue weighted by Crippen LogP contribution is 2.29. The summed E-state index contributed by atoms with van der Waals surface area (Å²) in [6.45, 7) is 3.20. The maximum absolute atomic E-state index is 4.80. The summed E-state index contributed by atoms with van der Waals surface area (Å²) in [6.07, 6.45) is 17.2. The van der Waals surface area contributed by atoms with Gasteiger partial charge in [0.2, 0.25) is 0 Å². The van der Waals surface area contributed by atoms with Gasteiger partial charge >= 0.3 is 0 Å². The molecule has 3 rings (SSSR count). The normalized spacial score (nSPS) is 20.1. The maximum Gasteiger partial charge on any atom is 0.148 e. The Morgan fingerprint density at radius 3 is 2.64 bits per heavy atom. The van der Waals surface area contributed by atoms with Crippen LogP contribution < -0.4 is 5.32 Å². The summed E-state index contributed by atoms with van der Waals surface area (Å²) < 4.78 is 2.26. The second-order valence-corrected chi connectivity index (χ2v) is 7.05. The zero-order valence-corrected chi connectivity index (χ0v) is 14.1. The third-order valence-corrected chi connectivity index (χ3v) is 5.22. The molecule has 2 saturated carbocycles. The van der Waals surface area contributed by atoms with E-state index in [0.29, 0.717) is 6.04 Å². The first-order valence-corrected chi connectivity index (χ1v) is 9.31. The van der Waals surface area contributed by atoms with Crippen LogP contribution in [0.25, 0.3) is 0 Å². The molecule has 0 aliphatic heterocycles. The fourth-order valence-electron chi connectivity index (χ4n) is 3.96. The Morgan fingerprint density at radius 1 is 1.14 bits per heavy atom. The first-order chi connectivity index (χ1) is 10.8. The molecule has 2 fully saturated rings. The lowest BCUT2D eigenvalue weighted by molar-refractivity contribution is 0.325. The Hall–Kier alpha value is -1.25. The van der Waals surface area contributed by atoms with E-state index in [-0.39, 0.29) is 0 Å². The monoisotopic (exact) mass is 301 g/mol. The Kier molecular flexibility index (Phi) is 5.58. The van der Waals surface area contributed by atoms with Gasteiger partial charge in [0.25, 0.3) is 0 Å². The number of anilines is 1. The fraction of sp³-hybridized carbons (Fsp3) is 0.737. The van der Waals surface area contributed by atoms with Gasteiger partial charge in [-0.15, -0.1) is 0 Å². The van der Waals surface area contributed by atoms with Crippen LogP contribution in [-0.4, -0.2) is 16.3 Å². The third-order valence-electron chi connectivity index (χ3n) is 5.22. The number of rotatable bonds is 5. The molecular formula is C19H31N3. The molecule has 0 spiro atoms. The van der Waals surface area contributed by atoms with Crippen molar-refractivity contribution in [2.24, 2.45) is 0 Å². The van der Waals surface area contributed by atoms with E-state index in [1.54, 1.807) is 5.57 Å². The van der Waals surface area contributed by atoms with Gasteiger partial charge in [0.1, 0.15) is 5.82 Å². The molecule has 1 heterocycles. The number of allylic oxidation sites excluding steroid dienone is 1. The minimum Gasteiger partial charge on any atom is -0.368 e. The van der Waals surface area contributed by atoms with Crippen LogP contribution in [0.15, 0.2) is 17.7 Å². The molecule has 1 aromatic heterocycles. The molecule has 22 heavy (non-hydrogen) atoms. The summed E-state index contributed by atoms with van der Waals surface area (Å²) >= 11 is 0. The zero-order valence-electron chi connectivity index (χ0n) is 14.1. The quantitative estimate of drug-likeness (QED) is 0.584. The number of aryl methyl sites for hydroxylation is 1. The lowest BCUT2D eigenvalue weighted by Gasteiger charge is -2.23. The Morgan fingerprint density at radius 2 is 1.86 bits per heavy atom. The van der Waals surface area contributed by atoms with E-state index in [0.717, 1.165) is 18.8 Å². The average molecular weight is 301 g/mol. The molecule has 0 bridgehead atoms. The first-order valence-electron chi connectivity index (χ1n) is 9.31. The van der Waals surface area contributed by atoms with Gasteiger partial charge in [-0.25, -0.2) is 0 Å². The summed E-state index contributed by atoms with van der Waals surface area (Å²) in [6, 6.07) is 2.84. The van der Waals surface area contributed by atoms with Gasteiger partial charge in [-0.2, -0.15) is 5.10 Å². The molecule has 1 aromatic rings. The Bertz CT molecular complexity index is 487. The van der Waals surface area contributed by atoms with Gasteiger partial charge in [0.15, 0.2) is 0 Å². The molecule has 3 heteroatoms. The molecule has 0 radical (unpaired) electrons. The Labute approximate surface area is 135 Å². The highest BCUT2D eigenvalue weighted by molar-refractivity contribution is 5.35. The van der Waals surface area contributed by atoms with Crippen molar-refractivity contribution in [1.82, 2.24) is 9.78 Å². The van der Waals surface area contributed by atoms with Crippen LogP contribution in [0.5, 0.6) is 0 Å². The molecule has 3 nitrogen and oxygen atoms in total. The number of hydrogen-bond acceptors (Lipinski definition) is 2. The van der Waals surface area contributed by atoms with Crippen molar-refractivity contribution in [2.75, 3.05) is 11.9 Å². The Balaban J connectivity index is 1.48. The largest absolute Gasteiger partial charge is 0.368 e. The van der Waals surface area contributed by atoms with Crippen LogP contribution in [0, 0.1) is 6.92 Å². The van der Waals surface area contributed by atoms with Crippen molar-refractivity contribution in [3.05, 3.63) is 23.4 Å². The van der Waals surface area contributed by atoms with E-state index in [1.165, 1.54) is 69.9 Å². The zero-order chi connectivity index (χ0) is 15.2. The molecule has 2 aliphatic rings. The third kappa shape index (κ3) is 4.15. The van der Waals surface area contributed by atoms with E-state index in [1.807, 2.05) is 0 Å². The van der Waals surface area contributed by atoms with Crippen molar-refractivity contribution < 1.29 is 0 Å². The van der Waals surface area contributed by atoms with Crippen LogP contribution in [-0.2, 0) is 0 Å². The minimum absolute atomic E-state index is 0.633. The van der Waals surface area contributed by atoms with E-state index in [2.05, 4.69) is 29.1 Å². The maximum atomic E-state index is 4.80. The molecule has 0 saturated heterocycles. The minimum atomic E-state index is 0.633. The molecule has 0 amide bonds. The highest BCUT2D eigenvalue weighted by atomic mass is 15.3. The van der Waals surface area contributed by atoms with Crippen LogP contribution in [0.4, 0.5) is 5.82 Å². The molecule has 0 unspecified atom stereocenters. The van der Waals surface area contributed by atoms with E-state index in [4.69, 9.17) is 5.10 Å². The van der Waals surface area contributed by atoms with Crippen molar-refractivity contribution in [1.29, 1.82) is 0 Å². The van der Waals surface area contributed by atoms with Crippen LogP contribution in [0.2, 0.25) is 0 Å². The van der Waals surface area contributed by atoms with E-state index < -0.39 is 0 Å². The highest BCUT2D eigenvalue weighted by Gasteiger charge is 2.18. The molecule has 0 atom stereocenters. The summed E-state index contributed by atoms with van der Waals surface area (Å²) in [4.78, 5) is 0. The average Bonchev–Trinajstić information content (AvgIpc) is 2.94. The lowest BCUT2D eigenvalue weighted by Crippen LogP contribution is -2.15. The van der Waals surface area contributed by atoms with Gasteiger partial charge in [0, 0.05) is 18.3 Å². The fourth-order valence-corrected chi connectivity index (χ4v) is 3.96. The predicted octanol–water partition coefficient (Wildman–Crippen LogP) is 5.39. The number of nitrogens with one attached hydrogen (secondary N) is 1. The molecule has 1 N–H and O–H groups in total. The first kappa shape index (κ1) is 15.6. The summed E-state index contributed by atoms with van der Waals surface area (Å²) in [7, 11) is 0. The second kappa shape index (κ2) is 7.85. The molecular weight excluding hydrogens is 270 g/mol. The predicted molar refractivity (Wildman–Crippen MR) is 93.4 cm³/mol. The number of aromatic nitrogens is 2. The van der Waals surface area contributed by atoms with Crippen LogP contribution in [0.3, 0.4) is 0 Å². The van der Waals surface area contributed by atoms with Gasteiger partial charge < -0.3 is 5.32 Å².